The Labute approximate surface area is 139 Å². The minimum Gasteiger partial charge on any atom is -0.383 e. The van der Waals surface area contributed by atoms with Crippen molar-refractivity contribution in [1.82, 2.24) is 9.99 Å². The molecule has 4 nitrogen and oxygen atoms in total. The zero-order valence-electron chi connectivity index (χ0n) is 13.6. The predicted octanol–water partition coefficient (Wildman–Crippen LogP) is 2.58. The van der Waals surface area contributed by atoms with Gasteiger partial charge in [-0.2, -0.15) is 0 Å². The molecule has 23 heavy (non-hydrogen) atoms. The molecule has 1 N–H and O–H groups in total. The first-order valence-electron chi connectivity index (χ1n) is 7.50. The third-order valence-corrected chi connectivity index (χ3v) is 3.74. The minimum atomic E-state index is -0.411. The van der Waals surface area contributed by atoms with Crippen molar-refractivity contribution >= 4 is 9.39 Å². The van der Waals surface area contributed by atoms with Gasteiger partial charge >= 0.3 is 0 Å². The highest BCUT2D eigenvalue weighted by atomic mass is 31.0. The Morgan fingerprint density at radius 3 is 2.39 bits per heavy atom. The molecular formula is C16H25F2N2O2P. The van der Waals surface area contributed by atoms with Crippen molar-refractivity contribution in [3.63, 3.8) is 0 Å². The molecule has 7 heteroatoms. The number of likely N-dealkylation sites (N-methyl/N-ethyl adjacent to an activating group) is 1. The number of nitrogens with one attached hydrogen (secondary N) is 1. The normalized spacial score (nSPS) is 17.1. The van der Waals surface area contributed by atoms with E-state index in [4.69, 9.17) is 9.47 Å². The van der Waals surface area contributed by atoms with Crippen LogP contribution in [0.2, 0.25) is 0 Å². The predicted molar refractivity (Wildman–Crippen MR) is 91.0 cm³/mol. The molecule has 0 aliphatic carbocycles. The lowest BCUT2D eigenvalue weighted by atomic mass is 10.2. The van der Waals surface area contributed by atoms with Crippen molar-refractivity contribution in [2.75, 3.05) is 40.0 Å². The van der Waals surface area contributed by atoms with Gasteiger partial charge in [0.15, 0.2) is 0 Å². The molecule has 2 unspecified atom stereocenters. The summed E-state index contributed by atoms with van der Waals surface area (Å²) in [4.78, 5) is 2.29. The van der Waals surface area contributed by atoms with Crippen molar-refractivity contribution in [2.24, 2.45) is 0 Å². The summed E-state index contributed by atoms with van der Waals surface area (Å²) in [7, 11) is 4.26. The highest BCUT2D eigenvalue weighted by Gasteiger charge is 2.16. The highest BCUT2D eigenvalue weighted by molar-refractivity contribution is 7.13. The van der Waals surface area contributed by atoms with Crippen LogP contribution < -0.4 is 5.09 Å². The molecule has 1 aromatic carbocycles. The van der Waals surface area contributed by atoms with Gasteiger partial charge in [0, 0.05) is 25.9 Å². The molecule has 1 aromatic rings. The largest absolute Gasteiger partial charge is 0.383 e. The number of hydrogen-bond donors (Lipinski definition) is 1. The lowest BCUT2D eigenvalue weighted by Crippen LogP contribution is -2.36. The molecule has 1 aliphatic heterocycles. The first-order valence-corrected chi connectivity index (χ1v) is 8.08. The van der Waals surface area contributed by atoms with Crippen LogP contribution in [0.3, 0.4) is 0 Å². The fourth-order valence-corrected chi connectivity index (χ4v) is 2.24. The summed E-state index contributed by atoms with van der Waals surface area (Å²) >= 11 is 0. The van der Waals surface area contributed by atoms with Gasteiger partial charge in [-0.1, -0.05) is 9.39 Å². The summed E-state index contributed by atoms with van der Waals surface area (Å²) in [6.45, 7) is 6.27. The second-order valence-corrected chi connectivity index (χ2v) is 5.29. The molecule has 0 aromatic heterocycles. The van der Waals surface area contributed by atoms with Gasteiger partial charge in [-0.15, -0.1) is 0 Å². The van der Waals surface area contributed by atoms with Crippen LogP contribution in [0, 0.1) is 11.6 Å². The van der Waals surface area contributed by atoms with Crippen LogP contribution >= 0.6 is 9.39 Å². The Balaban J connectivity index is 0.000000277. The second-order valence-electron chi connectivity index (χ2n) is 4.96. The molecule has 1 heterocycles. The zero-order chi connectivity index (χ0) is 17.1. The standard InChI is InChI=1S/C10H21N2O2P.C6H4F2/c1-3-12(4-5-13-2)10-6-9(11-15)7-14-8-10;7-5-1-2-6(8)4-3-5/h6,9,11H,3-5,7-8,15H2,1-2H3;1-4H. The van der Waals surface area contributed by atoms with Crippen molar-refractivity contribution < 1.29 is 18.3 Å². The van der Waals surface area contributed by atoms with E-state index in [0.29, 0.717) is 12.6 Å². The molecule has 0 saturated heterocycles. The molecule has 0 fully saturated rings. The third kappa shape index (κ3) is 7.84. The molecule has 0 saturated carbocycles. The van der Waals surface area contributed by atoms with Gasteiger partial charge in [0.05, 0.1) is 25.9 Å². The maximum Gasteiger partial charge on any atom is 0.123 e. The van der Waals surface area contributed by atoms with Crippen LogP contribution in [-0.4, -0.2) is 51.0 Å². The molecule has 1 aliphatic rings. The zero-order valence-corrected chi connectivity index (χ0v) is 14.8. The van der Waals surface area contributed by atoms with Gasteiger partial charge in [-0.3, -0.25) is 5.09 Å². The maximum absolute atomic E-state index is 11.9. The van der Waals surface area contributed by atoms with Crippen molar-refractivity contribution in [2.45, 2.75) is 13.0 Å². The third-order valence-electron chi connectivity index (χ3n) is 3.31. The van der Waals surface area contributed by atoms with E-state index in [9.17, 15) is 8.78 Å². The quantitative estimate of drug-likeness (QED) is 0.803. The van der Waals surface area contributed by atoms with Crippen LogP contribution in [0.15, 0.2) is 36.0 Å². The van der Waals surface area contributed by atoms with E-state index in [1.165, 1.54) is 5.70 Å². The fraction of sp³-hybridized carbons (Fsp3) is 0.500. The molecule has 2 atom stereocenters. The van der Waals surface area contributed by atoms with Gasteiger partial charge in [0.1, 0.15) is 11.6 Å². The molecule has 2 rings (SSSR count). The Hall–Kier alpha value is -1.07. The van der Waals surface area contributed by atoms with E-state index in [-0.39, 0.29) is 0 Å². The molecular weight excluding hydrogens is 321 g/mol. The van der Waals surface area contributed by atoms with Gasteiger partial charge < -0.3 is 14.4 Å². The van der Waals surface area contributed by atoms with E-state index in [1.54, 1.807) is 7.11 Å². The first kappa shape index (κ1) is 20.0. The average molecular weight is 346 g/mol. The van der Waals surface area contributed by atoms with Gasteiger partial charge in [-0.25, -0.2) is 8.78 Å². The highest BCUT2D eigenvalue weighted by Crippen LogP contribution is 2.12. The van der Waals surface area contributed by atoms with Crippen molar-refractivity contribution in [1.29, 1.82) is 0 Å². The Morgan fingerprint density at radius 2 is 1.91 bits per heavy atom. The SMILES string of the molecule is CCN(CCOC)C1=CC(NP)COC1.Fc1ccc(F)cc1. The summed E-state index contributed by atoms with van der Waals surface area (Å²) in [6.07, 6.45) is 2.23. The van der Waals surface area contributed by atoms with Gasteiger partial charge in [0.2, 0.25) is 0 Å². The summed E-state index contributed by atoms with van der Waals surface area (Å²) in [6, 6.07) is 4.62. The molecule has 0 spiro atoms. The molecule has 0 radical (unpaired) electrons. The van der Waals surface area contributed by atoms with E-state index in [0.717, 1.165) is 50.6 Å². The molecule has 0 bridgehead atoms. The van der Waals surface area contributed by atoms with Gasteiger partial charge in [0.25, 0.3) is 0 Å². The van der Waals surface area contributed by atoms with Crippen LogP contribution in [0.1, 0.15) is 6.92 Å². The van der Waals surface area contributed by atoms with E-state index in [2.05, 4.69) is 32.4 Å². The number of hydrogen-bond acceptors (Lipinski definition) is 4. The van der Waals surface area contributed by atoms with Crippen LogP contribution in [0.4, 0.5) is 8.78 Å². The Kier molecular flexibility index (Phi) is 9.96. The number of rotatable bonds is 6. The Bertz CT molecular complexity index is 451. The van der Waals surface area contributed by atoms with Gasteiger partial charge in [-0.05, 0) is 37.3 Å². The topological polar surface area (TPSA) is 33.7 Å². The lowest BCUT2D eigenvalue weighted by molar-refractivity contribution is 0.101. The lowest BCUT2D eigenvalue weighted by Gasteiger charge is -2.30. The van der Waals surface area contributed by atoms with E-state index >= 15 is 0 Å². The summed E-state index contributed by atoms with van der Waals surface area (Å²) in [5.41, 5.74) is 1.25. The number of halogens is 2. The summed E-state index contributed by atoms with van der Waals surface area (Å²) < 4.78 is 34.5. The number of benzene rings is 1. The summed E-state index contributed by atoms with van der Waals surface area (Å²) in [5, 5.41) is 3.13. The smallest absolute Gasteiger partial charge is 0.123 e. The monoisotopic (exact) mass is 346 g/mol. The number of ether oxygens (including phenoxy) is 2. The first-order chi connectivity index (χ1) is 11.1. The molecule has 0 amide bonds. The van der Waals surface area contributed by atoms with E-state index < -0.39 is 11.6 Å². The maximum atomic E-state index is 11.9. The van der Waals surface area contributed by atoms with E-state index in [1.807, 2.05) is 0 Å². The van der Waals surface area contributed by atoms with Crippen molar-refractivity contribution in [3.8, 4) is 0 Å². The minimum absolute atomic E-state index is 0.301. The number of methoxy groups -OCH3 is 1. The van der Waals surface area contributed by atoms with Crippen LogP contribution in [0.25, 0.3) is 0 Å². The molecule has 130 valence electrons. The average Bonchev–Trinajstić information content (AvgIpc) is 2.59. The van der Waals surface area contributed by atoms with Crippen molar-refractivity contribution in [3.05, 3.63) is 47.7 Å². The summed E-state index contributed by atoms with van der Waals surface area (Å²) in [5.74, 6) is -0.821. The van der Waals surface area contributed by atoms with Crippen LogP contribution in [-0.2, 0) is 9.47 Å². The Morgan fingerprint density at radius 1 is 1.30 bits per heavy atom. The fourth-order valence-electron chi connectivity index (χ4n) is 2.05. The van der Waals surface area contributed by atoms with Crippen LogP contribution in [0.5, 0.6) is 0 Å². The number of nitrogens with zero attached hydrogens (tertiary/aromatic N) is 1. The second kappa shape index (κ2) is 11.5.